The molecule has 1 aromatic carbocycles. The lowest BCUT2D eigenvalue weighted by molar-refractivity contribution is -0.139. The van der Waals surface area contributed by atoms with Crippen molar-refractivity contribution in [2.45, 2.75) is 38.3 Å². The zero-order valence-electron chi connectivity index (χ0n) is 11.6. The highest BCUT2D eigenvalue weighted by atomic mass is 35.5. The van der Waals surface area contributed by atoms with E-state index < -0.39 is 5.97 Å². The van der Waals surface area contributed by atoms with Crippen molar-refractivity contribution in [3.8, 4) is 5.75 Å². The third-order valence-corrected chi connectivity index (χ3v) is 4.03. The number of carboxylic acids is 1. The van der Waals surface area contributed by atoms with Crippen LogP contribution in [0.4, 0.5) is 0 Å². The summed E-state index contributed by atoms with van der Waals surface area (Å²) in [6.45, 7) is 0.612. The van der Waals surface area contributed by atoms with Crippen LogP contribution < -0.4 is 4.74 Å². The Bertz CT molecular complexity index is 472. The number of hydrogen-bond donors (Lipinski definition) is 1. The highest BCUT2D eigenvalue weighted by Gasteiger charge is 2.25. The molecular weight excluding hydrogens is 278 g/mol. The van der Waals surface area contributed by atoms with Crippen LogP contribution in [0.1, 0.15) is 31.2 Å². The van der Waals surface area contributed by atoms with Crippen LogP contribution in [0, 0.1) is 0 Å². The lowest BCUT2D eigenvalue weighted by Crippen LogP contribution is -2.37. The van der Waals surface area contributed by atoms with Crippen molar-refractivity contribution in [1.82, 2.24) is 4.90 Å². The maximum atomic E-state index is 11.1. The Labute approximate surface area is 124 Å². The molecule has 0 unspecified atom stereocenters. The number of benzene rings is 1. The summed E-state index contributed by atoms with van der Waals surface area (Å²) < 4.78 is 5.34. The molecule has 110 valence electrons. The highest BCUT2D eigenvalue weighted by molar-refractivity contribution is 6.30. The second-order valence-corrected chi connectivity index (χ2v) is 5.63. The first-order valence-electron chi connectivity index (χ1n) is 6.88. The monoisotopic (exact) mass is 297 g/mol. The standard InChI is InChI=1S/C15H20ClNO3/c1-20-14-7-6-12(16)8-11(14)9-17(10-15(18)19)13-4-2-3-5-13/h6-8,13H,2-5,9-10H2,1H3,(H,18,19). The Morgan fingerprint density at radius 2 is 2.15 bits per heavy atom. The fraction of sp³-hybridized carbons (Fsp3) is 0.533. The summed E-state index contributed by atoms with van der Waals surface area (Å²) in [4.78, 5) is 13.1. The number of hydrogen-bond acceptors (Lipinski definition) is 3. The van der Waals surface area contributed by atoms with Crippen LogP contribution in [0.5, 0.6) is 5.75 Å². The normalized spacial score (nSPS) is 15.8. The van der Waals surface area contributed by atoms with Crippen LogP contribution in [0.3, 0.4) is 0 Å². The van der Waals surface area contributed by atoms with Gasteiger partial charge in [-0.25, -0.2) is 0 Å². The van der Waals surface area contributed by atoms with E-state index in [1.54, 1.807) is 13.2 Å². The van der Waals surface area contributed by atoms with Crippen molar-refractivity contribution in [2.24, 2.45) is 0 Å². The van der Waals surface area contributed by atoms with E-state index in [2.05, 4.69) is 0 Å². The van der Waals surface area contributed by atoms with Crippen LogP contribution in [0.2, 0.25) is 5.02 Å². The molecule has 1 aliphatic carbocycles. The van der Waals surface area contributed by atoms with E-state index in [-0.39, 0.29) is 6.54 Å². The van der Waals surface area contributed by atoms with Gasteiger partial charge in [0, 0.05) is 23.2 Å². The van der Waals surface area contributed by atoms with Gasteiger partial charge in [-0.3, -0.25) is 9.69 Å². The van der Waals surface area contributed by atoms with Crippen molar-refractivity contribution in [2.75, 3.05) is 13.7 Å². The van der Waals surface area contributed by atoms with Gasteiger partial charge in [-0.2, -0.15) is 0 Å². The van der Waals surface area contributed by atoms with Gasteiger partial charge >= 0.3 is 5.97 Å². The zero-order chi connectivity index (χ0) is 14.5. The molecule has 0 aliphatic heterocycles. The van der Waals surface area contributed by atoms with Crippen molar-refractivity contribution in [3.63, 3.8) is 0 Å². The third-order valence-electron chi connectivity index (χ3n) is 3.80. The Kier molecular flexibility index (Phi) is 5.26. The molecule has 2 rings (SSSR count). The van der Waals surface area contributed by atoms with Gasteiger partial charge in [-0.05, 0) is 31.0 Å². The first-order chi connectivity index (χ1) is 9.60. The number of carbonyl (C=O) groups is 1. The van der Waals surface area contributed by atoms with Gasteiger partial charge < -0.3 is 9.84 Å². The molecule has 0 atom stereocenters. The molecule has 0 saturated heterocycles. The minimum Gasteiger partial charge on any atom is -0.496 e. The van der Waals surface area contributed by atoms with Crippen LogP contribution >= 0.6 is 11.6 Å². The van der Waals surface area contributed by atoms with Gasteiger partial charge in [0.05, 0.1) is 13.7 Å². The highest BCUT2D eigenvalue weighted by Crippen LogP contribution is 2.28. The van der Waals surface area contributed by atoms with Crippen molar-refractivity contribution >= 4 is 17.6 Å². The molecule has 4 nitrogen and oxygen atoms in total. The molecule has 1 aromatic rings. The Balaban J connectivity index is 2.17. The lowest BCUT2D eigenvalue weighted by Gasteiger charge is -2.27. The molecule has 5 heteroatoms. The largest absolute Gasteiger partial charge is 0.496 e. The molecule has 20 heavy (non-hydrogen) atoms. The average molecular weight is 298 g/mol. The first-order valence-corrected chi connectivity index (χ1v) is 7.26. The van der Waals surface area contributed by atoms with Crippen LogP contribution in [0.15, 0.2) is 18.2 Å². The van der Waals surface area contributed by atoms with Gasteiger partial charge in [0.25, 0.3) is 0 Å². The maximum Gasteiger partial charge on any atom is 0.317 e. The molecule has 0 radical (unpaired) electrons. The van der Waals surface area contributed by atoms with Gasteiger partial charge in [-0.15, -0.1) is 0 Å². The molecular formula is C15H20ClNO3. The number of methoxy groups -OCH3 is 1. The zero-order valence-corrected chi connectivity index (χ0v) is 12.4. The van der Waals surface area contributed by atoms with Crippen molar-refractivity contribution < 1.29 is 14.6 Å². The topological polar surface area (TPSA) is 49.8 Å². The predicted molar refractivity (Wildman–Crippen MR) is 78.3 cm³/mol. The fourth-order valence-electron chi connectivity index (χ4n) is 2.85. The van der Waals surface area contributed by atoms with Gasteiger partial charge in [0.15, 0.2) is 0 Å². The summed E-state index contributed by atoms with van der Waals surface area (Å²) in [5.41, 5.74) is 0.938. The minimum atomic E-state index is -0.794. The number of ether oxygens (including phenoxy) is 1. The third kappa shape index (κ3) is 3.87. The van der Waals surface area contributed by atoms with E-state index in [0.29, 0.717) is 17.6 Å². The molecule has 0 amide bonds. The average Bonchev–Trinajstić information content (AvgIpc) is 2.91. The Hall–Kier alpha value is -1.26. The molecule has 1 N–H and O–H groups in total. The summed E-state index contributed by atoms with van der Waals surface area (Å²) in [5, 5.41) is 9.75. The predicted octanol–water partition coefficient (Wildman–Crippen LogP) is 3.18. The summed E-state index contributed by atoms with van der Waals surface area (Å²) in [7, 11) is 1.61. The van der Waals surface area contributed by atoms with Crippen molar-refractivity contribution in [3.05, 3.63) is 28.8 Å². The van der Waals surface area contributed by atoms with E-state index in [0.717, 1.165) is 24.2 Å². The van der Waals surface area contributed by atoms with Crippen LogP contribution in [0.25, 0.3) is 0 Å². The number of aliphatic carboxylic acids is 1. The molecule has 0 bridgehead atoms. The summed E-state index contributed by atoms with van der Waals surface area (Å²) in [6.07, 6.45) is 4.48. The van der Waals surface area contributed by atoms with Crippen LogP contribution in [-0.2, 0) is 11.3 Å². The quantitative estimate of drug-likeness (QED) is 0.876. The first kappa shape index (κ1) is 15.1. The smallest absolute Gasteiger partial charge is 0.317 e. The fourth-order valence-corrected chi connectivity index (χ4v) is 3.04. The van der Waals surface area contributed by atoms with Gasteiger partial charge in [0.2, 0.25) is 0 Å². The summed E-state index contributed by atoms with van der Waals surface area (Å²) in [6, 6.07) is 5.80. The maximum absolute atomic E-state index is 11.1. The van der Waals surface area contributed by atoms with E-state index in [1.165, 1.54) is 12.8 Å². The number of halogens is 1. The summed E-state index contributed by atoms with van der Waals surface area (Å²) >= 11 is 6.03. The summed E-state index contributed by atoms with van der Waals surface area (Å²) in [5.74, 6) is -0.0410. The van der Waals surface area contributed by atoms with E-state index in [4.69, 9.17) is 21.4 Å². The minimum absolute atomic E-state index is 0.0559. The SMILES string of the molecule is COc1ccc(Cl)cc1CN(CC(=O)O)C1CCCC1. The molecule has 1 fully saturated rings. The van der Waals surface area contributed by atoms with Gasteiger partial charge in [0.1, 0.15) is 5.75 Å². The van der Waals surface area contributed by atoms with Gasteiger partial charge in [-0.1, -0.05) is 24.4 Å². The molecule has 0 aromatic heterocycles. The van der Waals surface area contributed by atoms with E-state index in [1.807, 2.05) is 17.0 Å². The Morgan fingerprint density at radius 1 is 1.45 bits per heavy atom. The molecule has 1 aliphatic rings. The Morgan fingerprint density at radius 3 is 2.75 bits per heavy atom. The number of carboxylic acid groups (broad SMARTS) is 1. The molecule has 1 saturated carbocycles. The van der Waals surface area contributed by atoms with E-state index >= 15 is 0 Å². The van der Waals surface area contributed by atoms with Crippen molar-refractivity contribution in [1.29, 1.82) is 0 Å². The second kappa shape index (κ2) is 6.95. The van der Waals surface area contributed by atoms with E-state index in [9.17, 15) is 4.79 Å². The molecule has 0 heterocycles. The number of nitrogens with zero attached hydrogens (tertiary/aromatic N) is 1. The van der Waals surface area contributed by atoms with Crippen LogP contribution in [-0.4, -0.2) is 35.7 Å². The number of rotatable bonds is 6. The molecule has 0 spiro atoms. The lowest BCUT2D eigenvalue weighted by atomic mass is 10.1. The second-order valence-electron chi connectivity index (χ2n) is 5.19.